The molecule has 134 valence electrons. The third kappa shape index (κ3) is 4.61. The average Bonchev–Trinajstić information content (AvgIpc) is 2.69. The molecule has 6 nitrogen and oxygen atoms in total. The summed E-state index contributed by atoms with van der Waals surface area (Å²) in [7, 11) is 3.99. The Hall–Kier alpha value is -3.85. The zero-order valence-corrected chi connectivity index (χ0v) is 15.1. The standard InChI is InChI=1S/C21H19N5O/c1-26(2)19-9-6-16(7-10-19)24-18-8-11-20(23-14-18)21(27)25-17-5-3-4-15(12-17)13-22/h3-12,14,24H,1-2H3,(H,25,27). The van der Waals surface area contributed by atoms with Crippen LogP contribution in [0.1, 0.15) is 16.1 Å². The van der Waals surface area contributed by atoms with Crippen molar-refractivity contribution >= 4 is 28.7 Å². The number of aromatic nitrogens is 1. The maximum Gasteiger partial charge on any atom is 0.274 e. The van der Waals surface area contributed by atoms with Gasteiger partial charge >= 0.3 is 0 Å². The van der Waals surface area contributed by atoms with Gasteiger partial charge in [0.1, 0.15) is 5.69 Å². The van der Waals surface area contributed by atoms with E-state index in [0.717, 1.165) is 17.1 Å². The zero-order valence-electron chi connectivity index (χ0n) is 15.1. The first-order valence-electron chi connectivity index (χ1n) is 8.37. The van der Waals surface area contributed by atoms with E-state index in [2.05, 4.69) is 15.6 Å². The number of pyridine rings is 1. The molecule has 1 aromatic heterocycles. The van der Waals surface area contributed by atoms with Gasteiger partial charge in [-0.15, -0.1) is 0 Å². The second kappa shape index (κ2) is 8.02. The van der Waals surface area contributed by atoms with Crippen molar-refractivity contribution < 1.29 is 4.79 Å². The lowest BCUT2D eigenvalue weighted by molar-refractivity contribution is 0.102. The van der Waals surface area contributed by atoms with Crippen LogP contribution >= 0.6 is 0 Å². The summed E-state index contributed by atoms with van der Waals surface area (Å²) in [6.07, 6.45) is 1.61. The van der Waals surface area contributed by atoms with Crippen LogP contribution in [0.15, 0.2) is 66.9 Å². The summed E-state index contributed by atoms with van der Waals surface area (Å²) in [5, 5.41) is 14.9. The fraction of sp³-hybridized carbons (Fsp3) is 0.0952. The number of hydrogen-bond donors (Lipinski definition) is 2. The molecule has 1 heterocycles. The highest BCUT2D eigenvalue weighted by Crippen LogP contribution is 2.20. The minimum Gasteiger partial charge on any atom is -0.378 e. The second-order valence-corrected chi connectivity index (χ2v) is 6.15. The molecule has 0 saturated heterocycles. The van der Waals surface area contributed by atoms with Crippen molar-refractivity contribution in [3.8, 4) is 6.07 Å². The smallest absolute Gasteiger partial charge is 0.274 e. The Labute approximate surface area is 158 Å². The van der Waals surface area contributed by atoms with Crippen LogP contribution in [0, 0.1) is 11.3 Å². The van der Waals surface area contributed by atoms with Crippen molar-refractivity contribution in [2.45, 2.75) is 0 Å². The van der Waals surface area contributed by atoms with Crippen LogP contribution in [-0.4, -0.2) is 25.0 Å². The zero-order chi connectivity index (χ0) is 19.2. The molecule has 0 atom stereocenters. The number of nitrogens with one attached hydrogen (secondary N) is 2. The highest BCUT2D eigenvalue weighted by atomic mass is 16.1. The van der Waals surface area contributed by atoms with Crippen molar-refractivity contribution in [3.05, 3.63) is 78.1 Å². The quantitative estimate of drug-likeness (QED) is 0.721. The van der Waals surface area contributed by atoms with Crippen LogP contribution in [-0.2, 0) is 0 Å². The Morgan fingerprint density at radius 2 is 1.74 bits per heavy atom. The van der Waals surface area contributed by atoms with Gasteiger partial charge in [-0.25, -0.2) is 4.98 Å². The highest BCUT2D eigenvalue weighted by molar-refractivity contribution is 6.03. The summed E-state index contributed by atoms with van der Waals surface area (Å²) >= 11 is 0. The Balaban J connectivity index is 1.65. The van der Waals surface area contributed by atoms with Gasteiger partial charge in [0.15, 0.2) is 0 Å². The Morgan fingerprint density at radius 1 is 1.00 bits per heavy atom. The van der Waals surface area contributed by atoms with Gasteiger partial charge in [0.05, 0.1) is 23.5 Å². The van der Waals surface area contributed by atoms with Gasteiger partial charge in [-0.3, -0.25) is 4.79 Å². The van der Waals surface area contributed by atoms with Gasteiger partial charge < -0.3 is 15.5 Å². The van der Waals surface area contributed by atoms with Gasteiger partial charge in [0, 0.05) is 31.2 Å². The van der Waals surface area contributed by atoms with Gasteiger partial charge in [-0.1, -0.05) is 6.07 Å². The number of hydrogen-bond acceptors (Lipinski definition) is 5. The first-order valence-corrected chi connectivity index (χ1v) is 8.37. The lowest BCUT2D eigenvalue weighted by Gasteiger charge is -2.13. The molecule has 0 aliphatic carbocycles. The van der Waals surface area contributed by atoms with E-state index in [1.807, 2.05) is 49.3 Å². The van der Waals surface area contributed by atoms with Crippen LogP contribution in [0.3, 0.4) is 0 Å². The number of carbonyl (C=O) groups is 1. The summed E-state index contributed by atoms with van der Waals surface area (Å²) in [4.78, 5) is 18.5. The highest BCUT2D eigenvalue weighted by Gasteiger charge is 2.08. The molecule has 2 aromatic carbocycles. The Bertz CT molecular complexity index is 973. The monoisotopic (exact) mass is 357 g/mol. The molecule has 3 rings (SSSR count). The SMILES string of the molecule is CN(C)c1ccc(Nc2ccc(C(=O)Nc3cccc(C#N)c3)nc2)cc1. The van der Waals surface area contributed by atoms with Gasteiger partial charge in [-0.2, -0.15) is 5.26 Å². The Morgan fingerprint density at radius 3 is 2.37 bits per heavy atom. The van der Waals surface area contributed by atoms with Crippen molar-refractivity contribution in [2.24, 2.45) is 0 Å². The maximum atomic E-state index is 12.3. The molecule has 6 heteroatoms. The number of carbonyl (C=O) groups excluding carboxylic acids is 1. The van der Waals surface area contributed by atoms with E-state index in [9.17, 15) is 4.79 Å². The molecule has 0 aliphatic heterocycles. The molecule has 0 radical (unpaired) electrons. The molecule has 0 saturated carbocycles. The molecule has 0 fully saturated rings. The first-order chi connectivity index (χ1) is 13.0. The van der Waals surface area contributed by atoms with E-state index < -0.39 is 0 Å². The number of nitrogens with zero attached hydrogens (tertiary/aromatic N) is 3. The van der Waals surface area contributed by atoms with Crippen LogP contribution in [0.25, 0.3) is 0 Å². The van der Waals surface area contributed by atoms with E-state index in [-0.39, 0.29) is 5.91 Å². The molecule has 0 aliphatic rings. The topological polar surface area (TPSA) is 81.0 Å². The van der Waals surface area contributed by atoms with Gasteiger partial charge in [0.25, 0.3) is 5.91 Å². The summed E-state index contributed by atoms with van der Waals surface area (Å²) in [6.45, 7) is 0. The van der Waals surface area contributed by atoms with Gasteiger partial charge in [0.2, 0.25) is 0 Å². The van der Waals surface area contributed by atoms with E-state index in [1.54, 1.807) is 42.6 Å². The molecule has 3 aromatic rings. The molecule has 0 spiro atoms. The van der Waals surface area contributed by atoms with Crippen molar-refractivity contribution in [3.63, 3.8) is 0 Å². The van der Waals surface area contributed by atoms with Crippen molar-refractivity contribution in [1.82, 2.24) is 4.98 Å². The van der Waals surface area contributed by atoms with Crippen LogP contribution in [0.5, 0.6) is 0 Å². The summed E-state index contributed by atoms with van der Waals surface area (Å²) < 4.78 is 0. The molecule has 0 bridgehead atoms. The number of anilines is 4. The van der Waals surface area contributed by atoms with Gasteiger partial charge in [-0.05, 0) is 54.6 Å². The number of rotatable bonds is 5. The predicted octanol–water partition coefficient (Wildman–Crippen LogP) is 4.02. The van der Waals surface area contributed by atoms with Crippen LogP contribution < -0.4 is 15.5 Å². The lowest BCUT2D eigenvalue weighted by Crippen LogP contribution is -2.13. The summed E-state index contributed by atoms with van der Waals surface area (Å²) in [5.74, 6) is -0.327. The average molecular weight is 357 g/mol. The second-order valence-electron chi connectivity index (χ2n) is 6.15. The molecule has 27 heavy (non-hydrogen) atoms. The minimum absolute atomic E-state index is 0.297. The normalized spacial score (nSPS) is 9.96. The van der Waals surface area contributed by atoms with Crippen LogP contribution in [0.4, 0.5) is 22.7 Å². The minimum atomic E-state index is -0.327. The third-order valence-corrected chi connectivity index (χ3v) is 3.92. The summed E-state index contributed by atoms with van der Waals surface area (Å²) in [6, 6.07) is 20.2. The fourth-order valence-corrected chi connectivity index (χ4v) is 2.47. The maximum absolute atomic E-state index is 12.3. The number of benzene rings is 2. The molecule has 2 N–H and O–H groups in total. The molecular weight excluding hydrogens is 338 g/mol. The largest absolute Gasteiger partial charge is 0.378 e. The molecule has 0 unspecified atom stereocenters. The lowest BCUT2D eigenvalue weighted by atomic mass is 10.2. The third-order valence-electron chi connectivity index (χ3n) is 3.92. The van der Waals surface area contributed by atoms with E-state index in [0.29, 0.717) is 16.9 Å². The summed E-state index contributed by atoms with van der Waals surface area (Å²) in [5.41, 5.74) is 4.19. The van der Waals surface area contributed by atoms with Crippen molar-refractivity contribution in [2.75, 3.05) is 29.6 Å². The van der Waals surface area contributed by atoms with E-state index in [1.165, 1.54) is 0 Å². The predicted molar refractivity (Wildman–Crippen MR) is 107 cm³/mol. The molecular formula is C21H19N5O. The van der Waals surface area contributed by atoms with E-state index >= 15 is 0 Å². The fourth-order valence-electron chi connectivity index (χ4n) is 2.47. The Kier molecular flexibility index (Phi) is 5.33. The number of amides is 1. The molecule has 1 amide bonds. The first kappa shape index (κ1) is 18.0. The van der Waals surface area contributed by atoms with Crippen molar-refractivity contribution in [1.29, 1.82) is 5.26 Å². The number of nitriles is 1. The van der Waals surface area contributed by atoms with E-state index in [4.69, 9.17) is 5.26 Å². The van der Waals surface area contributed by atoms with Crippen LogP contribution in [0.2, 0.25) is 0 Å².